The lowest BCUT2D eigenvalue weighted by atomic mass is 10.1. The van der Waals surface area contributed by atoms with E-state index < -0.39 is 13.6 Å². The van der Waals surface area contributed by atoms with E-state index in [1.54, 1.807) is 25.1 Å². The summed E-state index contributed by atoms with van der Waals surface area (Å²) in [5.41, 5.74) is 0.866. The van der Waals surface area contributed by atoms with Crippen LogP contribution in [0.15, 0.2) is 29.8 Å². The van der Waals surface area contributed by atoms with E-state index in [1.165, 1.54) is 21.3 Å². The second kappa shape index (κ2) is 8.73. The zero-order chi connectivity index (χ0) is 16.6. The largest absolute Gasteiger partial charge is 0.496 e. The van der Waals surface area contributed by atoms with Crippen LogP contribution in [-0.4, -0.2) is 40.1 Å². The van der Waals surface area contributed by atoms with Crippen LogP contribution in [0.25, 0.3) is 6.08 Å². The van der Waals surface area contributed by atoms with E-state index >= 15 is 0 Å². The molecule has 0 N–H and O–H groups in total. The van der Waals surface area contributed by atoms with Crippen LogP contribution >= 0.6 is 7.60 Å². The zero-order valence-corrected chi connectivity index (χ0v) is 14.1. The van der Waals surface area contributed by atoms with Crippen molar-refractivity contribution in [3.05, 3.63) is 35.4 Å². The molecule has 1 aromatic carbocycles. The lowest BCUT2D eigenvalue weighted by Crippen LogP contribution is -2.12. The summed E-state index contributed by atoms with van der Waals surface area (Å²) in [6.07, 6.45) is 1.39. The first-order valence-corrected chi connectivity index (χ1v) is 8.43. The predicted molar refractivity (Wildman–Crippen MR) is 84.1 cm³/mol. The van der Waals surface area contributed by atoms with Gasteiger partial charge in [0.05, 0.1) is 19.9 Å². The molecule has 0 aliphatic rings. The number of carbonyl (C=O) groups is 1. The van der Waals surface area contributed by atoms with Crippen molar-refractivity contribution in [2.75, 3.05) is 34.1 Å². The predicted octanol–water partition coefficient (Wildman–Crippen LogP) is 3.13. The van der Waals surface area contributed by atoms with Gasteiger partial charge in [-0.3, -0.25) is 4.57 Å². The third-order valence-electron chi connectivity index (χ3n) is 2.93. The Bertz CT molecular complexity index is 573. The van der Waals surface area contributed by atoms with Gasteiger partial charge < -0.3 is 18.5 Å². The van der Waals surface area contributed by atoms with Crippen molar-refractivity contribution in [3.63, 3.8) is 0 Å². The molecule has 0 radical (unpaired) electrons. The molecule has 0 spiro atoms. The minimum Gasteiger partial charge on any atom is -0.496 e. The summed E-state index contributed by atoms with van der Waals surface area (Å²) in [7, 11) is 0.696. The van der Waals surface area contributed by atoms with E-state index in [2.05, 4.69) is 0 Å². The van der Waals surface area contributed by atoms with Crippen molar-refractivity contribution in [1.29, 1.82) is 0 Å². The molecule has 0 bridgehead atoms. The monoisotopic (exact) mass is 328 g/mol. The Morgan fingerprint density at radius 3 is 2.36 bits per heavy atom. The van der Waals surface area contributed by atoms with E-state index in [1.807, 2.05) is 12.1 Å². The van der Waals surface area contributed by atoms with Crippen molar-refractivity contribution in [3.8, 4) is 5.75 Å². The number of benzene rings is 1. The fourth-order valence-electron chi connectivity index (χ4n) is 1.78. The summed E-state index contributed by atoms with van der Waals surface area (Å²) in [5.74, 6) is 0.0247. The highest BCUT2D eigenvalue weighted by Gasteiger charge is 2.27. The zero-order valence-electron chi connectivity index (χ0n) is 13.2. The van der Waals surface area contributed by atoms with Gasteiger partial charge in [0.1, 0.15) is 5.75 Å². The average Bonchev–Trinajstić information content (AvgIpc) is 2.54. The van der Waals surface area contributed by atoms with Gasteiger partial charge >= 0.3 is 13.6 Å². The molecule has 1 rings (SSSR count). The molecule has 6 nitrogen and oxygen atoms in total. The highest BCUT2D eigenvalue weighted by molar-refractivity contribution is 7.54. The first kappa shape index (κ1) is 18.4. The number of esters is 1. The van der Waals surface area contributed by atoms with Crippen molar-refractivity contribution >= 4 is 19.6 Å². The van der Waals surface area contributed by atoms with Crippen LogP contribution in [0, 0.1) is 0 Å². The molecule has 0 aliphatic heterocycles. The van der Waals surface area contributed by atoms with E-state index in [0.717, 1.165) is 0 Å². The van der Waals surface area contributed by atoms with Crippen LogP contribution in [0.5, 0.6) is 5.75 Å². The van der Waals surface area contributed by atoms with Gasteiger partial charge in [-0.05, 0) is 19.1 Å². The molecule has 0 saturated heterocycles. The van der Waals surface area contributed by atoms with Crippen molar-refractivity contribution in [2.24, 2.45) is 0 Å². The number of hydrogen-bond donors (Lipinski definition) is 0. The summed E-state index contributed by atoms with van der Waals surface area (Å²) < 4.78 is 32.3. The van der Waals surface area contributed by atoms with Crippen LogP contribution in [0.4, 0.5) is 0 Å². The average molecular weight is 328 g/mol. The number of hydrogen-bond acceptors (Lipinski definition) is 6. The second-order valence-corrected chi connectivity index (χ2v) is 6.53. The Morgan fingerprint density at radius 2 is 1.82 bits per heavy atom. The first-order chi connectivity index (χ1) is 10.5. The Kier molecular flexibility index (Phi) is 7.32. The lowest BCUT2D eigenvalue weighted by molar-refractivity contribution is -0.138. The van der Waals surface area contributed by atoms with Crippen molar-refractivity contribution < 1.29 is 27.9 Å². The molecule has 0 aliphatic carbocycles. The summed E-state index contributed by atoms with van der Waals surface area (Å²) in [5, 5.41) is 0. The second-order valence-electron chi connectivity index (χ2n) is 4.27. The maximum Gasteiger partial charge on any atom is 0.334 e. The van der Waals surface area contributed by atoms with Crippen molar-refractivity contribution in [1.82, 2.24) is 0 Å². The van der Waals surface area contributed by atoms with Gasteiger partial charge in [0.15, 0.2) is 0 Å². The third-order valence-corrected chi connectivity index (χ3v) is 4.77. The normalized spacial score (nSPS) is 12.1. The molecule has 0 fully saturated rings. The van der Waals surface area contributed by atoms with E-state index in [0.29, 0.717) is 11.3 Å². The minimum absolute atomic E-state index is 0.184. The standard InChI is InChI=1S/C15H21O6P/c1-5-21-15(16)13(11-22(17,19-3)20-4)10-12-8-6-7-9-14(12)18-2/h6-10H,5,11H2,1-4H3/b13-10-. The molecule has 0 amide bonds. The molecule has 1 aromatic rings. The van der Waals surface area contributed by atoms with Gasteiger partial charge in [0, 0.05) is 25.4 Å². The highest BCUT2D eigenvalue weighted by atomic mass is 31.2. The summed E-state index contributed by atoms with van der Waals surface area (Å²) >= 11 is 0. The van der Waals surface area contributed by atoms with Gasteiger partial charge in [-0.25, -0.2) is 4.79 Å². The van der Waals surface area contributed by atoms with E-state index in [4.69, 9.17) is 18.5 Å². The van der Waals surface area contributed by atoms with Gasteiger partial charge in [-0.15, -0.1) is 0 Å². The minimum atomic E-state index is -3.39. The van der Waals surface area contributed by atoms with Crippen LogP contribution in [-0.2, 0) is 23.1 Å². The number of ether oxygens (including phenoxy) is 2. The van der Waals surface area contributed by atoms with Crippen LogP contribution in [0.3, 0.4) is 0 Å². The Morgan fingerprint density at radius 1 is 1.18 bits per heavy atom. The summed E-state index contributed by atoms with van der Waals surface area (Å²) in [6, 6.07) is 7.17. The van der Waals surface area contributed by atoms with Crippen LogP contribution in [0.2, 0.25) is 0 Å². The molecule has 22 heavy (non-hydrogen) atoms. The lowest BCUT2D eigenvalue weighted by Gasteiger charge is -2.15. The fourth-order valence-corrected chi connectivity index (χ4v) is 2.82. The molecule has 7 heteroatoms. The molecule has 0 unspecified atom stereocenters. The Hall–Kier alpha value is -1.62. The summed E-state index contributed by atoms with van der Waals surface area (Å²) in [4.78, 5) is 12.1. The summed E-state index contributed by atoms with van der Waals surface area (Å²) in [6.45, 7) is 1.91. The molecular weight excluding hydrogens is 307 g/mol. The van der Waals surface area contributed by atoms with Crippen molar-refractivity contribution in [2.45, 2.75) is 6.92 Å². The van der Waals surface area contributed by atoms with E-state index in [9.17, 15) is 9.36 Å². The molecule has 0 aromatic heterocycles. The maximum absolute atomic E-state index is 12.3. The van der Waals surface area contributed by atoms with Crippen LogP contribution in [0.1, 0.15) is 12.5 Å². The first-order valence-electron chi connectivity index (χ1n) is 6.71. The topological polar surface area (TPSA) is 71.1 Å². The molecule has 0 heterocycles. The Labute approximate surface area is 130 Å². The van der Waals surface area contributed by atoms with Gasteiger partial charge in [0.2, 0.25) is 0 Å². The molecule has 122 valence electrons. The van der Waals surface area contributed by atoms with Gasteiger partial charge in [0.25, 0.3) is 0 Å². The van der Waals surface area contributed by atoms with E-state index in [-0.39, 0.29) is 18.3 Å². The molecule has 0 saturated carbocycles. The third kappa shape index (κ3) is 4.98. The van der Waals surface area contributed by atoms with Gasteiger partial charge in [-0.1, -0.05) is 18.2 Å². The number of carbonyl (C=O) groups excluding carboxylic acids is 1. The Balaban J connectivity index is 3.22. The fraction of sp³-hybridized carbons (Fsp3) is 0.400. The number of rotatable bonds is 8. The smallest absolute Gasteiger partial charge is 0.334 e. The quantitative estimate of drug-likeness (QED) is 0.415. The number of methoxy groups -OCH3 is 1. The number of para-hydroxylation sites is 1. The maximum atomic E-state index is 12.3. The molecular formula is C15H21O6P. The highest BCUT2D eigenvalue weighted by Crippen LogP contribution is 2.48. The van der Waals surface area contributed by atoms with Gasteiger partial charge in [-0.2, -0.15) is 0 Å². The molecule has 0 atom stereocenters. The SMILES string of the molecule is CCOC(=O)/C(=C\c1ccccc1OC)CP(=O)(OC)OC. The van der Waals surface area contributed by atoms with Crippen LogP contribution < -0.4 is 4.74 Å².